The summed E-state index contributed by atoms with van der Waals surface area (Å²) in [6, 6.07) is 12.5. The molecule has 0 unspecified atom stereocenters. The highest BCUT2D eigenvalue weighted by Gasteiger charge is 2.39. The van der Waals surface area contributed by atoms with Crippen LogP contribution in [0.1, 0.15) is 46.2 Å². The second kappa shape index (κ2) is 9.45. The van der Waals surface area contributed by atoms with Crippen molar-refractivity contribution in [1.82, 2.24) is 14.7 Å². The molecule has 0 spiro atoms. The predicted molar refractivity (Wildman–Crippen MR) is 130 cm³/mol. The molecule has 1 aliphatic heterocycles. The lowest BCUT2D eigenvalue weighted by molar-refractivity contribution is -0.101. The summed E-state index contributed by atoms with van der Waals surface area (Å²) in [4.78, 5) is 18.2. The van der Waals surface area contributed by atoms with E-state index in [0.29, 0.717) is 60.5 Å². The van der Waals surface area contributed by atoms with Crippen LogP contribution >= 0.6 is 11.6 Å². The van der Waals surface area contributed by atoms with E-state index in [1.54, 1.807) is 43.1 Å². The number of fused-ring (bicyclic) bond motifs is 1. The summed E-state index contributed by atoms with van der Waals surface area (Å²) in [7, 11) is 3.28. The molecule has 0 N–H and O–H groups in total. The standard InChI is InChI=1S/C26H26ClN3O5/c1-16-20(15-23-28-25(29-35-23)26(33-3)10-12-34-13-11-26)21-14-19(32-2)8-9-22(21)30(16)24(31)17-4-6-18(27)7-5-17/h4-9,14H,10-13,15H2,1-3H3. The molecule has 2 aromatic carbocycles. The van der Waals surface area contributed by atoms with Gasteiger partial charge in [0.1, 0.15) is 11.4 Å². The molecular formula is C26H26ClN3O5. The third-order valence-corrected chi connectivity index (χ3v) is 6.98. The Bertz CT molecular complexity index is 1370. The number of carbonyl (C=O) groups excluding carboxylic acids is 1. The predicted octanol–water partition coefficient (Wildman–Crippen LogP) is 4.93. The third-order valence-electron chi connectivity index (χ3n) is 6.73. The smallest absolute Gasteiger partial charge is 0.262 e. The number of methoxy groups -OCH3 is 2. The minimum absolute atomic E-state index is 0.146. The monoisotopic (exact) mass is 495 g/mol. The molecule has 0 amide bonds. The first kappa shape index (κ1) is 23.5. The number of carbonyl (C=O) groups is 1. The van der Waals surface area contributed by atoms with E-state index in [4.69, 9.17) is 30.3 Å². The Morgan fingerprint density at radius 1 is 1.14 bits per heavy atom. The SMILES string of the molecule is COc1ccc2c(c1)c(Cc1nc(C3(OC)CCOCC3)no1)c(C)n2C(=O)c1ccc(Cl)cc1. The maximum absolute atomic E-state index is 13.5. The first-order valence-corrected chi connectivity index (χ1v) is 11.8. The van der Waals surface area contributed by atoms with Crippen molar-refractivity contribution in [2.45, 2.75) is 31.8 Å². The summed E-state index contributed by atoms with van der Waals surface area (Å²) in [6.07, 6.45) is 1.68. The van der Waals surface area contributed by atoms with Gasteiger partial charge in [-0.1, -0.05) is 16.8 Å². The van der Waals surface area contributed by atoms with Crippen LogP contribution in [0.15, 0.2) is 47.0 Å². The Morgan fingerprint density at radius 2 is 1.89 bits per heavy atom. The molecule has 35 heavy (non-hydrogen) atoms. The Morgan fingerprint density at radius 3 is 2.57 bits per heavy atom. The molecule has 9 heteroatoms. The zero-order valence-corrected chi connectivity index (χ0v) is 20.6. The summed E-state index contributed by atoms with van der Waals surface area (Å²) < 4.78 is 24.1. The molecule has 0 radical (unpaired) electrons. The van der Waals surface area contributed by atoms with Crippen molar-refractivity contribution in [2.24, 2.45) is 0 Å². The number of hydrogen-bond donors (Lipinski definition) is 0. The fraction of sp³-hybridized carbons (Fsp3) is 0.346. The van der Waals surface area contributed by atoms with E-state index in [-0.39, 0.29) is 5.91 Å². The summed E-state index contributed by atoms with van der Waals surface area (Å²) in [5.74, 6) is 1.52. The molecule has 1 fully saturated rings. The van der Waals surface area contributed by atoms with E-state index in [0.717, 1.165) is 22.2 Å². The number of ether oxygens (including phenoxy) is 3. The van der Waals surface area contributed by atoms with E-state index < -0.39 is 5.60 Å². The van der Waals surface area contributed by atoms with Crippen molar-refractivity contribution < 1.29 is 23.5 Å². The summed E-state index contributed by atoms with van der Waals surface area (Å²) >= 11 is 6.02. The van der Waals surface area contributed by atoms with Crippen LogP contribution in [0.3, 0.4) is 0 Å². The van der Waals surface area contributed by atoms with Crippen LogP contribution in [0.2, 0.25) is 5.02 Å². The molecule has 0 atom stereocenters. The van der Waals surface area contributed by atoms with Gasteiger partial charge in [0.05, 0.1) is 19.0 Å². The van der Waals surface area contributed by atoms with Gasteiger partial charge in [0, 0.05) is 54.8 Å². The van der Waals surface area contributed by atoms with Gasteiger partial charge in [-0.2, -0.15) is 4.98 Å². The maximum Gasteiger partial charge on any atom is 0.262 e. The van der Waals surface area contributed by atoms with Crippen molar-refractivity contribution in [3.05, 3.63) is 76.0 Å². The average Bonchev–Trinajstić information content (AvgIpc) is 3.47. The highest BCUT2D eigenvalue weighted by Crippen LogP contribution is 2.35. The number of aromatic nitrogens is 3. The third kappa shape index (κ3) is 4.22. The second-order valence-electron chi connectivity index (χ2n) is 8.59. The fourth-order valence-corrected chi connectivity index (χ4v) is 4.80. The van der Waals surface area contributed by atoms with Gasteiger partial charge in [-0.25, -0.2) is 0 Å². The Labute approximate surface area is 207 Å². The molecule has 8 nitrogen and oxygen atoms in total. The minimum atomic E-state index is -0.614. The largest absolute Gasteiger partial charge is 0.497 e. The van der Waals surface area contributed by atoms with E-state index in [2.05, 4.69) is 10.1 Å². The number of hydrogen-bond acceptors (Lipinski definition) is 7. The highest BCUT2D eigenvalue weighted by atomic mass is 35.5. The molecule has 0 aliphatic carbocycles. The molecule has 5 rings (SSSR count). The number of halogens is 1. The van der Waals surface area contributed by atoms with Crippen LogP contribution in [0.25, 0.3) is 10.9 Å². The zero-order valence-electron chi connectivity index (χ0n) is 19.8. The van der Waals surface area contributed by atoms with Gasteiger partial charge in [0.25, 0.3) is 5.91 Å². The topological polar surface area (TPSA) is 88.6 Å². The lowest BCUT2D eigenvalue weighted by Gasteiger charge is -2.32. The van der Waals surface area contributed by atoms with E-state index in [9.17, 15) is 4.79 Å². The van der Waals surface area contributed by atoms with Crippen LogP contribution in [0, 0.1) is 6.92 Å². The number of nitrogens with zero attached hydrogens (tertiary/aromatic N) is 3. The van der Waals surface area contributed by atoms with Crippen molar-refractivity contribution >= 4 is 28.4 Å². The average molecular weight is 496 g/mol. The lowest BCUT2D eigenvalue weighted by atomic mass is 9.93. The highest BCUT2D eigenvalue weighted by molar-refractivity contribution is 6.30. The Kier molecular flexibility index (Phi) is 6.35. The molecule has 1 aliphatic rings. The van der Waals surface area contributed by atoms with Crippen LogP contribution in [-0.2, 0) is 21.5 Å². The van der Waals surface area contributed by atoms with E-state index in [1.165, 1.54) is 0 Å². The van der Waals surface area contributed by atoms with E-state index in [1.807, 2.05) is 25.1 Å². The maximum atomic E-state index is 13.5. The quantitative estimate of drug-likeness (QED) is 0.375. The number of benzene rings is 2. The van der Waals surface area contributed by atoms with Crippen molar-refractivity contribution in [1.29, 1.82) is 0 Å². The Balaban J connectivity index is 1.56. The summed E-state index contributed by atoms with van der Waals surface area (Å²) in [6.45, 7) is 3.08. The molecular weight excluding hydrogens is 470 g/mol. The van der Waals surface area contributed by atoms with Crippen LogP contribution < -0.4 is 4.74 Å². The summed E-state index contributed by atoms with van der Waals surface area (Å²) in [5, 5.41) is 5.70. The summed E-state index contributed by atoms with van der Waals surface area (Å²) in [5.41, 5.74) is 2.40. The molecule has 3 heterocycles. The van der Waals surface area contributed by atoms with Crippen molar-refractivity contribution in [2.75, 3.05) is 27.4 Å². The van der Waals surface area contributed by atoms with Gasteiger partial charge < -0.3 is 18.7 Å². The lowest BCUT2D eigenvalue weighted by Crippen LogP contribution is -2.36. The van der Waals surface area contributed by atoms with Crippen LogP contribution in [-0.4, -0.2) is 48.0 Å². The second-order valence-corrected chi connectivity index (χ2v) is 9.03. The van der Waals surface area contributed by atoms with Gasteiger partial charge >= 0.3 is 0 Å². The number of rotatable bonds is 6. The van der Waals surface area contributed by atoms with Gasteiger partial charge in [0.2, 0.25) is 11.7 Å². The minimum Gasteiger partial charge on any atom is -0.497 e. The molecule has 2 aromatic heterocycles. The molecule has 1 saturated heterocycles. The van der Waals surface area contributed by atoms with Crippen LogP contribution in [0.4, 0.5) is 0 Å². The first-order chi connectivity index (χ1) is 17.0. The molecule has 4 aromatic rings. The van der Waals surface area contributed by atoms with E-state index >= 15 is 0 Å². The van der Waals surface area contributed by atoms with Gasteiger partial charge in [0.15, 0.2) is 0 Å². The Hall–Kier alpha value is -3.20. The van der Waals surface area contributed by atoms with Gasteiger partial charge in [-0.05, 0) is 55.0 Å². The first-order valence-electron chi connectivity index (χ1n) is 11.4. The van der Waals surface area contributed by atoms with Gasteiger partial charge in [-0.15, -0.1) is 0 Å². The molecule has 0 saturated carbocycles. The molecule has 0 bridgehead atoms. The zero-order chi connectivity index (χ0) is 24.6. The fourth-order valence-electron chi connectivity index (χ4n) is 4.68. The van der Waals surface area contributed by atoms with Crippen LogP contribution in [0.5, 0.6) is 5.75 Å². The van der Waals surface area contributed by atoms with Gasteiger partial charge in [-0.3, -0.25) is 9.36 Å². The van der Waals surface area contributed by atoms with Crippen molar-refractivity contribution in [3.8, 4) is 5.75 Å². The van der Waals surface area contributed by atoms with Crippen molar-refractivity contribution in [3.63, 3.8) is 0 Å². The molecule has 182 valence electrons. The normalized spacial score (nSPS) is 15.4.